The highest BCUT2D eigenvalue weighted by Gasteiger charge is 2.08. The molecular formula is C24H33FN4O2. The maximum Gasteiger partial charge on any atom is 0.253 e. The molecule has 2 rings (SSSR count). The van der Waals surface area contributed by atoms with E-state index in [1.54, 1.807) is 31.1 Å². The maximum atomic E-state index is 12.9. The third-order valence-corrected chi connectivity index (χ3v) is 4.54. The third kappa shape index (κ3) is 9.07. The van der Waals surface area contributed by atoms with Gasteiger partial charge < -0.3 is 20.3 Å². The molecule has 1 amide bonds. The van der Waals surface area contributed by atoms with Gasteiger partial charge in [-0.2, -0.15) is 0 Å². The minimum absolute atomic E-state index is 0.00752. The first-order valence-corrected chi connectivity index (χ1v) is 10.7. The minimum Gasteiger partial charge on any atom is -0.494 e. The van der Waals surface area contributed by atoms with Crippen molar-refractivity contribution in [1.82, 2.24) is 15.5 Å². The molecular weight excluding hydrogens is 395 g/mol. The zero-order valence-corrected chi connectivity index (χ0v) is 18.7. The summed E-state index contributed by atoms with van der Waals surface area (Å²) >= 11 is 0. The summed E-state index contributed by atoms with van der Waals surface area (Å²) in [5, 5.41) is 6.59. The van der Waals surface area contributed by atoms with Crippen molar-refractivity contribution >= 4 is 11.9 Å². The van der Waals surface area contributed by atoms with Crippen molar-refractivity contribution in [3.8, 4) is 5.75 Å². The van der Waals surface area contributed by atoms with Crippen LogP contribution in [0.5, 0.6) is 5.75 Å². The summed E-state index contributed by atoms with van der Waals surface area (Å²) in [5.74, 6) is 1.20. The molecule has 0 bridgehead atoms. The average Bonchev–Trinajstić information content (AvgIpc) is 2.77. The fourth-order valence-electron chi connectivity index (χ4n) is 2.91. The molecule has 0 spiro atoms. The fourth-order valence-corrected chi connectivity index (χ4v) is 2.91. The molecule has 7 heteroatoms. The smallest absolute Gasteiger partial charge is 0.253 e. The molecule has 0 aliphatic rings. The topological polar surface area (TPSA) is 66.0 Å². The van der Waals surface area contributed by atoms with Crippen LogP contribution in [0.2, 0.25) is 0 Å². The molecule has 2 aromatic carbocycles. The van der Waals surface area contributed by atoms with Crippen LogP contribution in [0.15, 0.2) is 53.5 Å². The van der Waals surface area contributed by atoms with Crippen LogP contribution in [0.4, 0.5) is 4.39 Å². The second kappa shape index (κ2) is 13.3. The van der Waals surface area contributed by atoms with E-state index in [1.807, 2.05) is 31.2 Å². The highest BCUT2D eigenvalue weighted by atomic mass is 19.1. The van der Waals surface area contributed by atoms with Gasteiger partial charge in [-0.05, 0) is 68.1 Å². The Morgan fingerprint density at radius 1 is 1.10 bits per heavy atom. The lowest BCUT2D eigenvalue weighted by Gasteiger charge is -2.13. The summed E-state index contributed by atoms with van der Waals surface area (Å²) < 4.78 is 18.5. The number of rotatable bonds is 11. The van der Waals surface area contributed by atoms with E-state index in [1.165, 1.54) is 12.1 Å². The molecule has 0 saturated heterocycles. The van der Waals surface area contributed by atoms with E-state index in [0.717, 1.165) is 43.9 Å². The van der Waals surface area contributed by atoms with E-state index in [9.17, 15) is 9.18 Å². The lowest BCUT2D eigenvalue weighted by atomic mass is 10.1. The van der Waals surface area contributed by atoms with Crippen molar-refractivity contribution in [2.24, 2.45) is 4.99 Å². The van der Waals surface area contributed by atoms with Crippen molar-refractivity contribution < 1.29 is 13.9 Å². The van der Waals surface area contributed by atoms with Crippen LogP contribution < -0.4 is 15.4 Å². The van der Waals surface area contributed by atoms with Gasteiger partial charge in [-0.15, -0.1) is 0 Å². The van der Waals surface area contributed by atoms with E-state index >= 15 is 0 Å². The van der Waals surface area contributed by atoms with Gasteiger partial charge in [0.2, 0.25) is 0 Å². The van der Waals surface area contributed by atoms with Gasteiger partial charge in [0, 0.05) is 39.3 Å². The zero-order valence-electron chi connectivity index (χ0n) is 18.7. The van der Waals surface area contributed by atoms with Gasteiger partial charge in [0.25, 0.3) is 5.91 Å². The number of halogens is 1. The van der Waals surface area contributed by atoms with Gasteiger partial charge in [-0.1, -0.05) is 12.1 Å². The largest absolute Gasteiger partial charge is 0.494 e. The quantitative estimate of drug-likeness (QED) is 0.327. The summed E-state index contributed by atoms with van der Waals surface area (Å²) in [5.41, 5.74) is 1.81. The summed E-state index contributed by atoms with van der Waals surface area (Å²) in [6.07, 6.45) is 2.56. The van der Waals surface area contributed by atoms with E-state index < -0.39 is 0 Å². The Morgan fingerprint density at radius 2 is 1.87 bits per heavy atom. The Bertz CT molecular complexity index is 838. The number of carbonyl (C=O) groups is 1. The van der Waals surface area contributed by atoms with Gasteiger partial charge in [-0.25, -0.2) is 4.39 Å². The molecule has 0 radical (unpaired) electrons. The Balaban J connectivity index is 1.71. The molecule has 0 aliphatic carbocycles. The molecule has 2 aromatic rings. The predicted octanol–water partition coefficient (Wildman–Crippen LogP) is 3.48. The van der Waals surface area contributed by atoms with Crippen molar-refractivity contribution in [1.29, 1.82) is 0 Å². The average molecular weight is 429 g/mol. The first kappa shape index (κ1) is 24.2. The molecule has 0 unspecified atom stereocenters. The highest BCUT2D eigenvalue weighted by Crippen LogP contribution is 2.11. The molecule has 0 atom stereocenters. The number of amides is 1. The number of nitrogens with one attached hydrogen (secondary N) is 2. The number of aliphatic imine (C=N–C) groups is 1. The van der Waals surface area contributed by atoms with E-state index in [0.29, 0.717) is 24.5 Å². The second-order valence-corrected chi connectivity index (χ2v) is 7.35. The van der Waals surface area contributed by atoms with Crippen LogP contribution in [-0.2, 0) is 6.42 Å². The SMILES string of the molecule is CCNC(=NCCCCOc1ccc(F)cc1)NCCc1cccc(C(=O)N(C)C)c1. The van der Waals surface area contributed by atoms with Crippen molar-refractivity contribution in [2.75, 3.05) is 40.3 Å². The monoisotopic (exact) mass is 428 g/mol. The van der Waals surface area contributed by atoms with Gasteiger partial charge >= 0.3 is 0 Å². The predicted molar refractivity (Wildman–Crippen MR) is 123 cm³/mol. The Kier molecular flexibility index (Phi) is 10.3. The first-order chi connectivity index (χ1) is 15.0. The molecule has 2 N–H and O–H groups in total. The number of nitrogens with zero attached hydrogens (tertiary/aromatic N) is 2. The zero-order chi connectivity index (χ0) is 22.5. The van der Waals surface area contributed by atoms with Crippen LogP contribution in [0.3, 0.4) is 0 Å². The molecule has 0 aliphatic heterocycles. The minimum atomic E-state index is -0.264. The van der Waals surface area contributed by atoms with Gasteiger partial charge in [0.15, 0.2) is 5.96 Å². The number of hydrogen-bond acceptors (Lipinski definition) is 3. The Morgan fingerprint density at radius 3 is 2.58 bits per heavy atom. The molecule has 0 heterocycles. The van der Waals surface area contributed by atoms with E-state index in [4.69, 9.17) is 4.74 Å². The number of carbonyl (C=O) groups excluding carboxylic acids is 1. The van der Waals surface area contributed by atoms with Crippen molar-refractivity contribution in [3.05, 3.63) is 65.5 Å². The number of unbranched alkanes of at least 4 members (excludes halogenated alkanes) is 1. The van der Waals surface area contributed by atoms with Gasteiger partial charge in [-0.3, -0.25) is 9.79 Å². The number of guanidine groups is 1. The summed E-state index contributed by atoms with van der Waals surface area (Å²) in [7, 11) is 3.51. The molecule has 6 nitrogen and oxygen atoms in total. The van der Waals surface area contributed by atoms with E-state index in [2.05, 4.69) is 15.6 Å². The van der Waals surface area contributed by atoms with Crippen LogP contribution in [0, 0.1) is 5.82 Å². The summed E-state index contributed by atoms with van der Waals surface area (Å²) in [4.78, 5) is 18.3. The lowest BCUT2D eigenvalue weighted by Crippen LogP contribution is -2.38. The normalized spacial score (nSPS) is 11.2. The number of ether oxygens (including phenoxy) is 1. The molecule has 168 valence electrons. The van der Waals surface area contributed by atoms with Gasteiger partial charge in [0.1, 0.15) is 11.6 Å². The Hall–Kier alpha value is -3.09. The molecule has 0 fully saturated rings. The second-order valence-electron chi connectivity index (χ2n) is 7.35. The van der Waals surface area contributed by atoms with Crippen LogP contribution in [0.1, 0.15) is 35.7 Å². The van der Waals surface area contributed by atoms with Crippen LogP contribution in [-0.4, -0.2) is 57.1 Å². The van der Waals surface area contributed by atoms with Crippen molar-refractivity contribution in [3.63, 3.8) is 0 Å². The van der Waals surface area contributed by atoms with Crippen LogP contribution in [0.25, 0.3) is 0 Å². The molecule has 31 heavy (non-hydrogen) atoms. The lowest BCUT2D eigenvalue weighted by molar-refractivity contribution is 0.0827. The molecule has 0 aromatic heterocycles. The van der Waals surface area contributed by atoms with Crippen LogP contribution >= 0.6 is 0 Å². The highest BCUT2D eigenvalue weighted by molar-refractivity contribution is 5.94. The fraction of sp³-hybridized carbons (Fsp3) is 0.417. The molecule has 0 saturated carbocycles. The number of benzene rings is 2. The van der Waals surface area contributed by atoms with Crippen molar-refractivity contribution in [2.45, 2.75) is 26.2 Å². The Labute approximate surface area is 184 Å². The number of hydrogen-bond donors (Lipinski definition) is 2. The summed E-state index contributed by atoms with van der Waals surface area (Å²) in [6, 6.07) is 13.8. The third-order valence-electron chi connectivity index (χ3n) is 4.54. The standard InChI is InChI=1S/C24H33FN4O2/c1-4-26-24(27-15-5-6-17-31-22-12-10-21(25)11-13-22)28-16-14-19-8-7-9-20(18-19)23(30)29(2)3/h7-13,18H,4-6,14-17H2,1-3H3,(H2,26,27,28). The first-order valence-electron chi connectivity index (χ1n) is 10.7. The van der Waals surface area contributed by atoms with E-state index in [-0.39, 0.29) is 11.7 Å². The maximum absolute atomic E-state index is 12.9. The summed E-state index contributed by atoms with van der Waals surface area (Å²) in [6.45, 7) is 4.80. The van der Waals surface area contributed by atoms with Gasteiger partial charge in [0.05, 0.1) is 6.61 Å².